The molecular formula is C13H13ClN2O2. The normalized spacial score (nSPS) is 14.0. The van der Waals surface area contributed by atoms with Crippen LogP contribution in [0.3, 0.4) is 0 Å². The van der Waals surface area contributed by atoms with E-state index in [0.717, 1.165) is 18.5 Å². The molecule has 2 rings (SSSR count). The molecule has 1 N–H and O–H groups in total. The number of hydrogen-bond acceptors (Lipinski definition) is 3. The van der Waals surface area contributed by atoms with Crippen LogP contribution in [0.4, 0.5) is 5.69 Å². The standard InChI is InChI=1S/C13H13ClN2O2/c14-10-2-1-9(8-15)12(7-10)16(11-3-4-11)6-5-13(17)18/h1-2,7,11H,3-6H2,(H,17,18). The number of anilines is 1. The molecule has 0 radical (unpaired) electrons. The highest BCUT2D eigenvalue weighted by atomic mass is 35.5. The Hall–Kier alpha value is -1.73. The van der Waals surface area contributed by atoms with Gasteiger partial charge in [0.15, 0.2) is 0 Å². The van der Waals surface area contributed by atoms with Gasteiger partial charge >= 0.3 is 5.97 Å². The molecular weight excluding hydrogens is 252 g/mol. The Bertz CT molecular complexity index is 506. The highest BCUT2D eigenvalue weighted by Gasteiger charge is 2.30. The maximum atomic E-state index is 10.7. The number of carboxylic acids is 1. The molecule has 0 unspecified atom stereocenters. The van der Waals surface area contributed by atoms with Crippen LogP contribution >= 0.6 is 11.6 Å². The van der Waals surface area contributed by atoms with E-state index in [9.17, 15) is 4.79 Å². The Labute approximate surface area is 110 Å². The Kier molecular flexibility index (Phi) is 3.73. The number of nitriles is 1. The number of rotatable bonds is 5. The van der Waals surface area contributed by atoms with Gasteiger partial charge in [-0.05, 0) is 31.0 Å². The van der Waals surface area contributed by atoms with Gasteiger partial charge in [-0.25, -0.2) is 0 Å². The lowest BCUT2D eigenvalue weighted by molar-refractivity contribution is -0.136. The highest BCUT2D eigenvalue weighted by molar-refractivity contribution is 6.30. The third-order valence-electron chi connectivity index (χ3n) is 2.94. The summed E-state index contributed by atoms with van der Waals surface area (Å²) in [5.41, 5.74) is 1.28. The van der Waals surface area contributed by atoms with Crippen molar-refractivity contribution in [2.45, 2.75) is 25.3 Å². The quantitative estimate of drug-likeness (QED) is 0.888. The molecule has 1 saturated carbocycles. The minimum absolute atomic E-state index is 0.0634. The van der Waals surface area contributed by atoms with E-state index in [1.807, 2.05) is 4.90 Å². The second-order valence-corrected chi connectivity index (χ2v) is 4.78. The zero-order chi connectivity index (χ0) is 13.1. The van der Waals surface area contributed by atoms with Crippen LogP contribution < -0.4 is 4.90 Å². The second-order valence-electron chi connectivity index (χ2n) is 4.34. The first-order chi connectivity index (χ1) is 8.61. The van der Waals surface area contributed by atoms with Crippen LogP contribution in [0.2, 0.25) is 5.02 Å². The summed E-state index contributed by atoms with van der Waals surface area (Å²) < 4.78 is 0. The minimum Gasteiger partial charge on any atom is -0.481 e. The van der Waals surface area contributed by atoms with E-state index in [1.165, 1.54) is 0 Å². The summed E-state index contributed by atoms with van der Waals surface area (Å²) in [4.78, 5) is 12.7. The molecule has 0 bridgehead atoms. The van der Waals surface area contributed by atoms with Gasteiger partial charge < -0.3 is 10.0 Å². The second kappa shape index (κ2) is 5.28. The van der Waals surface area contributed by atoms with Crippen LogP contribution in [0.1, 0.15) is 24.8 Å². The largest absolute Gasteiger partial charge is 0.481 e. The molecule has 0 aliphatic heterocycles. The molecule has 1 fully saturated rings. The lowest BCUT2D eigenvalue weighted by Gasteiger charge is -2.25. The summed E-state index contributed by atoms with van der Waals surface area (Å²) in [6.07, 6.45) is 2.14. The molecule has 94 valence electrons. The smallest absolute Gasteiger partial charge is 0.305 e. The predicted molar refractivity (Wildman–Crippen MR) is 68.8 cm³/mol. The Morgan fingerprint density at radius 1 is 1.56 bits per heavy atom. The average Bonchev–Trinajstić information content (AvgIpc) is 3.14. The number of nitrogens with zero attached hydrogens (tertiary/aromatic N) is 2. The van der Waals surface area contributed by atoms with E-state index in [0.29, 0.717) is 23.2 Å². The van der Waals surface area contributed by atoms with Gasteiger partial charge in [-0.2, -0.15) is 5.26 Å². The summed E-state index contributed by atoms with van der Waals surface area (Å²) in [6, 6.07) is 7.55. The molecule has 0 amide bonds. The average molecular weight is 265 g/mol. The van der Waals surface area contributed by atoms with Crippen LogP contribution in [0.25, 0.3) is 0 Å². The topological polar surface area (TPSA) is 64.3 Å². The minimum atomic E-state index is -0.832. The van der Waals surface area contributed by atoms with Gasteiger partial charge in [0.1, 0.15) is 6.07 Å². The van der Waals surface area contributed by atoms with E-state index in [1.54, 1.807) is 18.2 Å². The van der Waals surface area contributed by atoms with Crippen molar-refractivity contribution in [3.05, 3.63) is 28.8 Å². The fourth-order valence-electron chi connectivity index (χ4n) is 1.94. The summed E-state index contributed by atoms with van der Waals surface area (Å²) >= 11 is 5.95. The van der Waals surface area contributed by atoms with Crippen molar-refractivity contribution in [1.82, 2.24) is 0 Å². The fraction of sp³-hybridized carbons (Fsp3) is 0.385. The predicted octanol–water partition coefficient (Wildman–Crippen LogP) is 2.66. The molecule has 5 heteroatoms. The maximum absolute atomic E-state index is 10.7. The van der Waals surface area contributed by atoms with E-state index in [2.05, 4.69) is 6.07 Å². The summed E-state index contributed by atoms with van der Waals surface area (Å²) in [5, 5.41) is 18.4. The third kappa shape index (κ3) is 2.93. The fourth-order valence-corrected chi connectivity index (χ4v) is 2.11. The van der Waals surface area contributed by atoms with E-state index in [4.69, 9.17) is 22.0 Å². The maximum Gasteiger partial charge on any atom is 0.305 e. The Balaban J connectivity index is 2.27. The van der Waals surface area contributed by atoms with Gasteiger partial charge in [0.05, 0.1) is 17.7 Å². The molecule has 1 aliphatic rings. The molecule has 1 aromatic rings. The Morgan fingerprint density at radius 3 is 2.83 bits per heavy atom. The molecule has 0 spiro atoms. The van der Waals surface area contributed by atoms with Gasteiger partial charge in [0.25, 0.3) is 0 Å². The zero-order valence-electron chi connectivity index (χ0n) is 9.77. The van der Waals surface area contributed by atoms with Crippen molar-refractivity contribution in [3.63, 3.8) is 0 Å². The van der Waals surface area contributed by atoms with Crippen LogP contribution in [0, 0.1) is 11.3 Å². The summed E-state index contributed by atoms with van der Waals surface area (Å²) in [7, 11) is 0. The first kappa shape index (κ1) is 12.7. The Morgan fingerprint density at radius 2 is 2.28 bits per heavy atom. The van der Waals surface area contributed by atoms with Crippen LogP contribution in [0.15, 0.2) is 18.2 Å². The SMILES string of the molecule is N#Cc1ccc(Cl)cc1N(CCC(=O)O)C1CC1. The first-order valence-corrected chi connectivity index (χ1v) is 6.17. The van der Waals surface area contributed by atoms with Crippen molar-refractivity contribution in [2.24, 2.45) is 0 Å². The molecule has 18 heavy (non-hydrogen) atoms. The van der Waals surface area contributed by atoms with Crippen LogP contribution in [-0.2, 0) is 4.79 Å². The monoisotopic (exact) mass is 264 g/mol. The summed E-state index contributed by atoms with van der Waals surface area (Å²) in [5.74, 6) is -0.832. The van der Waals surface area contributed by atoms with Crippen LogP contribution in [0.5, 0.6) is 0 Å². The van der Waals surface area contributed by atoms with E-state index < -0.39 is 5.97 Å². The van der Waals surface area contributed by atoms with Crippen molar-refractivity contribution >= 4 is 23.3 Å². The van der Waals surface area contributed by atoms with Crippen molar-refractivity contribution in [3.8, 4) is 6.07 Å². The van der Waals surface area contributed by atoms with Gasteiger partial charge in [0.2, 0.25) is 0 Å². The van der Waals surface area contributed by atoms with Gasteiger partial charge in [-0.1, -0.05) is 11.6 Å². The summed E-state index contributed by atoms with van der Waals surface area (Å²) in [6.45, 7) is 0.412. The number of benzene rings is 1. The number of carbonyl (C=O) groups is 1. The molecule has 0 aromatic heterocycles. The molecule has 4 nitrogen and oxygen atoms in total. The molecule has 1 aliphatic carbocycles. The first-order valence-electron chi connectivity index (χ1n) is 5.80. The number of hydrogen-bond donors (Lipinski definition) is 1. The zero-order valence-corrected chi connectivity index (χ0v) is 10.5. The highest BCUT2D eigenvalue weighted by Crippen LogP contribution is 2.34. The van der Waals surface area contributed by atoms with E-state index in [-0.39, 0.29) is 6.42 Å². The van der Waals surface area contributed by atoms with Gasteiger partial charge in [-0.15, -0.1) is 0 Å². The van der Waals surface area contributed by atoms with Gasteiger partial charge in [0, 0.05) is 17.6 Å². The van der Waals surface area contributed by atoms with Crippen LogP contribution in [-0.4, -0.2) is 23.7 Å². The molecule has 0 saturated heterocycles. The lowest BCUT2D eigenvalue weighted by atomic mass is 10.1. The molecule has 0 heterocycles. The van der Waals surface area contributed by atoms with Gasteiger partial charge in [-0.3, -0.25) is 4.79 Å². The van der Waals surface area contributed by atoms with Crippen molar-refractivity contribution in [1.29, 1.82) is 5.26 Å². The number of halogens is 1. The number of carboxylic acid groups (broad SMARTS) is 1. The third-order valence-corrected chi connectivity index (χ3v) is 3.18. The molecule has 0 atom stereocenters. The van der Waals surface area contributed by atoms with E-state index >= 15 is 0 Å². The van der Waals surface area contributed by atoms with Crippen molar-refractivity contribution in [2.75, 3.05) is 11.4 Å². The molecule has 1 aromatic carbocycles. The van der Waals surface area contributed by atoms with Crippen molar-refractivity contribution < 1.29 is 9.90 Å². The number of aliphatic carboxylic acids is 1. The lowest BCUT2D eigenvalue weighted by Crippen LogP contribution is -2.29.